The highest BCUT2D eigenvalue weighted by molar-refractivity contribution is 5.82. The summed E-state index contributed by atoms with van der Waals surface area (Å²) in [6, 6.07) is 7.09. The maximum absolute atomic E-state index is 11.8. The van der Waals surface area contributed by atoms with Crippen molar-refractivity contribution in [1.29, 1.82) is 0 Å². The lowest BCUT2D eigenvalue weighted by atomic mass is 10.1. The van der Waals surface area contributed by atoms with Gasteiger partial charge in [-0.25, -0.2) is 4.79 Å². The predicted octanol–water partition coefficient (Wildman–Crippen LogP) is 3.67. The van der Waals surface area contributed by atoms with Crippen LogP contribution in [-0.2, 0) is 11.2 Å². The molecule has 164 valence electrons. The van der Waals surface area contributed by atoms with Crippen LogP contribution in [0.3, 0.4) is 0 Å². The number of allylic oxidation sites excluding steroid dienone is 2. The lowest BCUT2D eigenvalue weighted by Gasteiger charge is -2.29. The molecule has 1 aromatic carbocycles. The van der Waals surface area contributed by atoms with E-state index in [1.165, 1.54) is 11.6 Å². The molecule has 0 unspecified atom stereocenters. The van der Waals surface area contributed by atoms with Crippen LogP contribution in [0.1, 0.15) is 39.2 Å². The van der Waals surface area contributed by atoms with Gasteiger partial charge in [0, 0.05) is 23.6 Å². The maximum atomic E-state index is 11.8. The average Bonchev–Trinajstić information content (AvgIpc) is 2.65. The largest absolute Gasteiger partial charge is 0.493 e. The zero-order chi connectivity index (χ0) is 22.1. The third-order valence-electron chi connectivity index (χ3n) is 4.92. The molecule has 2 aromatic rings. The second-order valence-corrected chi connectivity index (χ2v) is 8.53. The van der Waals surface area contributed by atoms with Crippen molar-refractivity contribution in [2.24, 2.45) is 0 Å². The monoisotopic (exact) mass is 415 g/mol. The Morgan fingerprint density at radius 2 is 1.90 bits per heavy atom. The van der Waals surface area contributed by atoms with E-state index in [0.717, 1.165) is 36.1 Å². The van der Waals surface area contributed by atoms with Crippen LogP contribution in [-0.4, -0.2) is 50.7 Å². The van der Waals surface area contributed by atoms with Crippen molar-refractivity contribution in [3.63, 3.8) is 0 Å². The van der Waals surface area contributed by atoms with E-state index in [1.807, 2.05) is 32.9 Å². The van der Waals surface area contributed by atoms with Gasteiger partial charge in [0.2, 0.25) is 0 Å². The topological polar surface area (TPSA) is 68.5 Å². The highest BCUT2D eigenvalue weighted by Gasteiger charge is 2.19. The van der Waals surface area contributed by atoms with Gasteiger partial charge in [0.05, 0.1) is 27.2 Å². The molecule has 0 spiro atoms. The Labute approximate surface area is 179 Å². The van der Waals surface area contributed by atoms with Crippen LogP contribution in [0.15, 0.2) is 45.1 Å². The van der Waals surface area contributed by atoms with Crippen LogP contribution in [0.2, 0.25) is 0 Å². The lowest BCUT2D eigenvalue weighted by molar-refractivity contribution is -0.882. The number of ether oxygens (including phenoxy) is 1. The summed E-state index contributed by atoms with van der Waals surface area (Å²) in [6.45, 7) is 8.63. The molecular formula is C24H35N2O4+. The van der Waals surface area contributed by atoms with E-state index in [9.17, 15) is 9.59 Å². The van der Waals surface area contributed by atoms with Gasteiger partial charge in [-0.05, 0) is 58.2 Å². The number of benzene rings is 1. The summed E-state index contributed by atoms with van der Waals surface area (Å²) in [5, 5.41) is 3.75. The number of fused-ring (bicyclic) bond motifs is 1. The fraction of sp³-hybridized carbons (Fsp3) is 0.500. The minimum Gasteiger partial charge on any atom is -0.493 e. The number of carbonyl (C=O) groups excluding carboxylic acids is 1. The summed E-state index contributed by atoms with van der Waals surface area (Å²) in [6.07, 6.45) is 4.60. The Morgan fingerprint density at radius 3 is 2.60 bits per heavy atom. The van der Waals surface area contributed by atoms with Crippen molar-refractivity contribution in [1.82, 2.24) is 5.32 Å². The van der Waals surface area contributed by atoms with Crippen LogP contribution < -0.4 is 15.7 Å². The average molecular weight is 416 g/mol. The molecule has 0 radical (unpaired) electrons. The van der Waals surface area contributed by atoms with Crippen LogP contribution in [0.5, 0.6) is 5.75 Å². The summed E-state index contributed by atoms with van der Waals surface area (Å²) in [5.74, 6) is 0.839. The number of carbonyl (C=O) groups is 1. The smallest absolute Gasteiger partial charge is 0.336 e. The van der Waals surface area contributed by atoms with Crippen LogP contribution in [0, 0.1) is 0 Å². The van der Waals surface area contributed by atoms with Gasteiger partial charge in [-0.1, -0.05) is 11.6 Å². The highest BCUT2D eigenvalue weighted by Crippen LogP contribution is 2.28. The molecule has 0 atom stereocenters. The minimum atomic E-state index is -0.356. The number of likely N-dealkylation sites (N-methyl/N-ethyl adjacent to an activating group) is 2. The van der Waals surface area contributed by atoms with Crippen LogP contribution >= 0.6 is 0 Å². The minimum absolute atomic E-state index is 0.0836. The summed E-state index contributed by atoms with van der Waals surface area (Å²) < 4.78 is 12.2. The molecule has 0 saturated heterocycles. The van der Waals surface area contributed by atoms with Crippen molar-refractivity contribution in [3.05, 3.63) is 51.9 Å². The molecule has 1 amide bonds. The first-order valence-electron chi connectivity index (χ1n) is 10.6. The van der Waals surface area contributed by atoms with Gasteiger partial charge in [-0.3, -0.25) is 4.79 Å². The van der Waals surface area contributed by atoms with Crippen molar-refractivity contribution in [2.45, 2.75) is 40.0 Å². The maximum Gasteiger partial charge on any atom is 0.336 e. The Hall–Kier alpha value is -2.60. The number of quaternary nitrogens is 1. The third-order valence-corrected chi connectivity index (χ3v) is 4.92. The van der Waals surface area contributed by atoms with E-state index >= 15 is 0 Å². The molecule has 0 saturated carbocycles. The van der Waals surface area contributed by atoms with Crippen LogP contribution in [0.4, 0.5) is 0 Å². The van der Waals surface area contributed by atoms with E-state index in [2.05, 4.69) is 25.5 Å². The summed E-state index contributed by atoms with van der Waals surface area (Å²) in [4.78, 5) is 23.6. The molecule has 6 nitrogen and oxygen atoms in total. The van der Waals surface area contributed by atoms with Gasteiger partial charge in [-0.15, -0.1) is 0 Å². The van der Waals surface area contributed by atoms with Crippen molar-refractivity contribution < 1.29 is 18.4 Å². The van der Waals surface area contributed by atoms with Crippen molar-refractivity contribution in [2.75, 3.05) is 40.3 Å². The fourth-order valence-electron chi connectivity index (χ4n) is 3.35. The zero-order valence-electron chi connectivity index (χ0n) is 18.9. The van der Waals surface area contributed by atoms with E-state index < -0.39 is 0 Å². The molecular weight excluding hydrogens is 380 g/mol. The Balaban J connectivity index is 2.00. The van der Waals surface area contributed by atoms with Gasteiger partial charge in [0.1, 0.15) is 11.3 Å². The predicted molar refractivity (Wildman–Crippen MR) is 121 cm³/mol. The molecule has 1 heterocycles. The first-order chi connectivity index (χ1) is 14.2. The normalized spacial score (nSPS) is 11.4. The first kappa shape index (κ1) is 23.7. The van der Waals surface area contributed by atoms with E-state index in [1.54, 1.807) is 6.07 Å². The molecule has 6 heteroatoms. The quantitative estimate of drug-likeness (QED) is 0.263. The second kappa shape index (κ2) is 11.0. The van der Waals surface area contributed by atoms with E-state index in [0.29, 0.717) is 36.2 Å². The molecule has 1 N–H and O–H groups in total. The summed E-state index contributed by atoms with van der Waals surface area (Å²) in [5.41, 5.74) is 2.34. The first-order valence-corrected chi connectivity index (χ1v) is 10.6. The summed E-state index contributed by atoms with van der Waals surface area (Å²) in [7, 11) is 4.14. The van der Waals surface area contributed by atoms with Gasteiger partial charge >= 0.3 is 5.63 Å². The molecule has 0 aliphatic carbocycles. The lowest BCUT2D eigenvalue weighted by Crippen LogP contribution is -2.48. The van der Waals surface area contributed by atoms with E-state index in [4.69, 9.17) is 9.15 Å². The summed E-state index contributed by atoms with van der Waals surface area (Å²) >= 11 is 0. The van der Waals surface area contributed by atoms with Gasteiger partial charge in [0.15, 0.2) is 6.54 Å². The number of hydrogen-bond donors (Lipinski definition) is 1. The van der Waals surface area contributed by atoms with Gasteiger partial charge < -0.3 is 19.0 Å². The zero-order valence-corrected chi connectivity index (χ0v) is 18.9. The van der Waals surface area contributed by atoms with Crippen molar-refractivity contribution in [3.8, 4) is 5.75 Å². The molecule has 2 rings (SSSR count). The standard InChI is InChI=1S/C24H34N2O4/c1-6-25-22(27)17-26(4,5)15-7-8-16-29-21-13-10-19-11-14-23(28)30-24(19)20(21)12-9-18(2)3/h9-11,13-14H,6-8,12,15-17H2,1-5H3/p+1. The number of nitrogens with zero attached hydrogens (tertiary/aromatic N) is 1. The number of hydrogen-bond acceptors (Lipinski definition) is 4. The number of amides is 1. The Morgan fingerprint density at radius 1 is 1.17 bits per heavy atom. The Kier molecular flexibility index (Phi) is 8.66. The molecule has 30 heavy (non-hydrogen) atoms. The van der Waals surface area contributed by atoms with Gasteiger partial charge in [-0.2, -0.15) is 0 Å². The number of rotatable bonds is 11. The highest BCUT2D eigenvalue weighted by atomic mass is 16.5. The second-order valence-electron chi connectivity index (χ2n) is 8.53. The van der Waals surface area contributed by atoms with Crippen LogP contribution in [0.25, 0.3) is 11.0 Å². The Bertz CT molecular complexity index is 940. The molecule has 0 bridgehead atoms. The molecule has 0 fully saturated rings. The van der Waals surface area contributed by atoms with Gasteiger partial charge in [0.25, 0.3) is 5.91 Å². The third kappa shape index (κ3) is 7.34. The molecule has 1 aromatic heterocycles. The SMILES string of the molecule is CCNC(=O)C[N+](C)(C)CCCCOc1ccc2ccc(=O)oc2c1CC=C(C)C. The molecule has 0 aliphatic heterocycles. The van der Waals surface area contributed by atoms with Crippen molar-refractivity contribution >= 4 is 16.9 Å². The van der Waals surface area contributed by atoms with E-state index in [-0.39, 0.29) is 11.5 Å². The number of unbranched alkanes of at least 4 members (excludes halogenated alkanes) is 1. The molecule has 0 aliphatic rings. The number of nitrogens with one attached hydrogen (secondary N) is 1. The fourth-order valence-corrected chi connectivity index (χ4v) is 3.35.